The van der Waals surface area contributed by atoms with Gasteiger partial charge in [-0.15, -0.1) is 0 Å². The molecule has 1 aliphatic rings. The SMILES string of the molecule is CC(C(=O)NCCc1ccccc1)N1C(=O)c2cccc3cccc1c23. The van der Waals surface area contributed by atoms with E-state index in [1.165, 1.54) is 5.56 Å². The van der Waals surface area contributed by atoms with Gasteiger partial charge in [0.05, 0.1) is 5.69 Å². The summed E-state index contributed by atoms with van der Waals surface area (Å²) in [5.41, 5.74) is 2.66. The lowest BCUT2D eigenvalue weighted by Crippen LogP contribution is -2.47. The molecule has 1 aliphatic heterocycles. The van der Waals surface area contributed by atoms with Crippen molar-refractivity contribution in [2.24, 2.45) is 0 Å². The Morgan fingerprint density at radius 3 is 2.50 bits per heavy atom. The van der Waals surface area contributed by atoms with Crippen LogP contribution in [0.5, 0.6) is 0 Å². The molecule has 0 saturated heterocycles. The summed E-state index contributed by atoms with van der Waals surface area (Å²) >= 11 is 0. The van der Waals surface area contributed by atoms with Crippen LogP contribution >= 0.6 is 0 Å². The van der Waals surface area contributed by atoms with E-state index in [2.05, 4.69) is 5.32 Å². The van der Waals surface area contributed by atoms with E-state index in [1.54, 1.807) is 11.8 Å². The Balaban J connectivity index is 1.50. The molecule has 3 aromatic rings. The van der Waals surface area contributed by atoms with E-state index in [9.17, 15) is 9.59 Å². The first kappa shape index (κ1) is 16.3. The van der Waals surface area contributed by atoms with Crippen molar-refractivity contribution in [2.75, 3.05) is 11.4 Å². The highest BCUT2D eigenvalue weighted by atomic mass is 16.2. The highest BCUT2D eigenvalue weighted by Crippen LogP contribution is 2.38. The average molecular weight is 344 g/mol. The van der Waals surface area contributed by atoms with Gasteiger partial charge in [0.1, 0.15) is 6.04 Å². The van der Waals surface area contributed by atoms with Gasteiger partial charge in [0.15, 0.2) is 0 Å². The van der Waals surface area contributed by atoms with Crippen molar-refractivity contribution in [3.8, 4) is 0 Å². The third kappa shape index (κ3) is 2.73. The van der Waals surface area contributed by atoms with Crippen molar-refractivity contribution in [1.82, 2.24) is 5.32 Å². The molecule has 0 bridgehead atoms. The summed E-state index contributed by atoms with van der Waals surface area (Å²) in [6.45, 7) is 2.33. The topological polar surface area (TPSA) is 49.4 Å². The van der Waals surface area contributed by atoms with Crippen LogP contribution in [0.2, 0.25) is 0 Å². The molecule has 0 fully saturated rings. The number of carbonyl (C=O) groups is 2. The zero-order valence-corrected chi connectivity index (χ0v) is 14.6. The quantitative estimate of drug-likeness (QED) is 0.769. The van der Waals surface area contributed by atoms with E-state index in [1.807, 2.05) is 66.7 Å². The molecule has 3 aromatic carbocycles. The number of nitrogens with one attached hydrogen (secondary N) is 1. The van der Waals surface area contributed by atoms with E-state index in [0.29, 0.717) is 12.1 Å². The van der Waals surface area contributed by atoms with Crippen molar-refractivity contribution < 1.29 is 9.59 Å². The second kappa shape index (κ2) is 6.64. The summed E-state index contributed by atoms with van der Waals surface area (Å²) in [5, 5.41) is 4.91. The molecule has 1 unspecified atom stereocenters. The maximum absolute atomic E-state index is 12.9. The van der Waals surface area contributed by atoms with Crippen molar-refractivity contribution in [1.29, 1.82) is 0 Å². The van der Waals surface area contributed by atoms with Crippen LogP contribution in [-0.4, -0.2) is 24.4 Å². The molecule has 0 aromatic heterocycles. The first-order chi connectivity index (χ1) is 12.7. The standard InChI is InChI=1S/C22H20N2O2/c1-15(21(25)23-14-13-16-7-3-2-4-8-16)24-19-12-6-10-17-9-5-11-18(20(17)19)22(24)26/h2-12,15H,13-14H2,1H3,(H,23,25). The van der Waals surface area contributed by atoms with Gasteiger partial charge < -0.3 is 5.32 Å². The second-order valence-electron chi connectivity index (χ2n) is 6.56. The van der Waals surface area contributed by atoms with Crippen molar-refractivity contribution in [3.05, 3.63) is 77.9 Å². The van der Waals surface area contributed by atoms with Crippen molar-refractivity contribution in [2.45, 2.75) is 19.4 Å². The van der Waals surface area contributed by atoms with Crippen LogP contribution in [0.4, 0.5) is 5.69 Å². The number of hydrogen-bond donors (Lipinski definition) is 1. The van der Waals surface area contributed by atoms with Gasteiger partial charge in [-0.3, -0.25) is 14.5 Å². The number of amides is 2. The maximum Gasteiger partial charge on any atom is 0.259 e. The van der Waals surface area contributed by atoms with E-state index in [-0.39, 0.29) is 11.8 Å². The van der Waals surface area contributed by atoms with Crippen molar-refractivity contribution >= 4 is 28.3 Å². The highest BCUT2D eigenvalue weighted by Gasteiger charge is 2.35. The summed E-state index contributed by atoms with van der Waals surface area (Å²) in [4.78, 5) is 27.1. The number of benzene rings is 3. The smallest absolute Gasteiger partial charge is 0.259 e. The Morgan fingerprint density at radius 1 is 1.00 bits per heavy atom. The molecule has 0 saturated carbocycles. The Bertz CT molecular complexity index is 977. The fourth-order valence-electron chi connectivity index (χ4n) is 3.56. The molecule has 1 atom stereocenters. The van der Waals surface area contributed by atoms with Crippen LogP contribution in [-0.2, 0) is 11.2 Å². The van der Waals surface area contributed by atoms with Gasteiger partial charge in [-0.1, -0.05) is 54.6 Å². The summed E-state index contributed by atoms with van der Waals surface area (Å²) in [6.07, 6.45) is 0.767. The number of nitrogens with zero attached hydrogens (tertiary/aromatic N) is 1. The summed E-state index contributed by atoms with van der Waals surface area (Å²) in [6, 6.07) is 21.0. The normalized spacial score (nSPS) is 13.9. The lowest BCUT2D eigenvalue weighted by Gasteiger charge is -2.24. The number of anilines is 1. The molecular weight excluding hydrogens is 324 g/mol. The Labute approximate surface area is 152 Å². The van der Waals surface area contributed by atoms with E-state index >= 15 is 0 Å². The van der Waals surface area contributed by atoms with Gasteiger partial charge in [-0.25, -0.2) is 0 Å². The Hall–Kier alpha value is -3.14. The first-order valence-electron chi connectivity index (χ1n) is 8.84. The zero-order valence-electron chi connectivity index (χ0n) is 14.6. The second-order valence-corrected chi connectivity index (χ2v) is 6.56. The molecule has 130 valence electrons. The predicted molar refractivity (Wildman–Crippen MR) is 103 cm³/mol. The third-order valence-corrected chi connectivity index (χ3v) is 4.91. The minimum absolute atomic E-state index is 0.109. The number of carbonyl (C=O) groups excluding carboxylic acids is 2. The summed E-state index contributed by atoms with van der Waals surface area (Å²) in [7, 11) is 0. The van der Waals surface area contributed by atoms with Gasteiger partial charge in [0, 0.05) is 17.5 Å². The molecule has 26 heavy (non-hydrogen) atoms. The Morgan fingerprint density at radius 2 is 1.73 bits per heavy atom. The predicted octanol–water partition coefficient (Wildman–Crippen LogP) is 3.55. The van der Waals surface area contributed by atoms with Crippen LogP contribution in [0.25, 0.3) is 10.8 Å². The minimum Gasteiger partial charge on any atom is -0.354 e. The minimum atomic E-state index is -0.559. The average Bonchev–Trinajstić information content (AvgIpc) is 2.96. The fourth-order valence-corrected chi connectivity index (χ4v) is 3.56. The van der Waals surface area contributed by atoms with Gasteiger partial charge in [-0.05, 0) is 36.4 Å². The Kier molecular flexibility index (Phi) is 4.17. The van der Waals surface area contributed by atoms with E-state index in [4.69, 9.17) is 0 Å². The molecule has 4 rings (SSSR count). The zero-order chi connectivity index (χ0) is 18.1. The number of rotatable bonds is 5. The molecule has 1 N–H and O–H groups in total. The molecule has 2 amide bonds. The van der Waals surface area contributed by atoms with Gasteiger partial charge >= 0.3 is 0 Å². The monoisotopic (exact) mass is 344 g/mol. The van der Waals surface area contributed by atoms with Crippen LogP contribution in [0.3, 0.4) is 0 Å². The lowest BCUT2D eigenvalue weighted by atomic mass is 10.1. The largest absolute Gasteiger partial charge is 0.354 e. The van der Waals surface area contributed by atoms with Crippen molar-refractivity contribution in [3.63, 3.8) is 0 Å². The first-order valence-corrected chi connectivity index (χ1v) is 8.84. The van der Waals surface area contributed by atoms with Crippen LogP contribution in [0.15, 0.2) is 66.7 Å². The fraction of sp³-hybridized carbons (Fsp3) is 0.182. The molecule has 0 radical (unpaired) electrons. The summed E-state index contributed by atoms with van der Waals surface area (Å²) in [5.74, 6) is -0.249. The van der Waals surface area contributed by atoms with Crippen LogP contribution < -0.4 is 10.2 Å². The van der Waals surface area contributed by atoms with E-state index < -0.39 is 6.04 Å². The highest BCUT2D eigenvalue weighted by molar-refractivity contribution is 6.26. The molecular formula is C22H20N2O2. The lowest BCUT2D eigenvalue weighted by molar-refractivity contribution is -0.121. The maximum atomic E-state index is 12.9. The molecule has 0 spiro atoms. The van der Waals surface area contributed by atoms with Gasteiger partial charge in [0.2, 0.25) is 5.91 Å². The molecule has 1 heterocycles. The van der Waals surface area contributed by atoms with E-state index in [0.717, 1.165) is 22.9 Å². The van der Waals surface area contributed by atoms with Crippen LogP contribution in [0, 0.1) is 0 Å². The summed E-state index contributed by atoms with van der Waals surface area (Å²) < 4.78 is 0. The third-order valence-electron chi connectivity index (χ3n) is 4.91. The van der Waals surface area contributed by atoms with Gasteiger partial charge in [0.25, 0.3) is 5.91 Å². The number of hydrogen-bond acceptors (Lipinski definition) is 2. The molecule has 4 nitrogen and oxygen atoms in total. The van der Waals surface area contributed by atoms with Crippen LogP contribution in [0.1, 0.15) is 22.8 Å². The molecule has 0 aliphatic carbocycles. The molecule has 4 heteroatoms. The van der Waals surface area contributed by atoms with Gasteiger partial charge in [-0.2, -0.15) is 0 Å².